The van der Waals surface area contributed by atoms with Crippen LogP contribution in [0.4, 0.5) is 0 Å². The highest BCUT2D eigenvalue weighted by atomic mass is 16.5. The standard InChI is InChI=1S/C19H28N2O3/c22-17-13-16(14-17)18(12-15-4-2-1-3-5-15)20-19(23)6-7-21-8-10-24-11-9-21/h1-5,16-18,22H,6-14H2,(H,20,23)/t16?,17?,18-/m0/s1. The second-order valence-electron chi connectivity index (χ2n) is 6.95. The molecule has 5 heteroatoms. The number of benzene rings is 1. The van der Waals surface area contributed by atoms with Gasteiger partial charge in [0.25, 0.3) is 0 Å². The van der Waals surface area contributed by atoms with Crippen molar-refractivity contribution in [1.82, 2.24) is 10.2 Å². The number of nitrogens with one attached hydrogen (secondary N) is 1. The van der Waals surface area contributed by atoms with E-state index in [4.69, 9.17) is 4.74 Å². The minimum absolute atomic E-state index is 0.115. The molecule has 2 fully saturated rings. The van der Waals surface area contributed by atoms with Crippen molar-refractivity contribution in [2.24, 2.45) is 5.92 Å². The molecule has 0 spiro atoms. The van der Waals surface area contributed by atoms with E-state index in [1.807, 2.05) is 18.2 Å². The molecule has 2 aliphatic rings. The molecule has 0 bridgehead atoms. The SMILES string of the molecule is O=C(CCN1CCOCC1)N[C@@H](Cc1ccccc1)C1CC(O)C1. The second kappa shape index (κ2) is 8.60. The van der Waals surface area contributed by atoms with Crippen LogP contribution < -0.4 is 5.32 Å². The predicted octanol–water partition coefficient (Wildman–Crippen LogP) is 1.21. The first-order valence-corrected chi connectivity index (χ1v) is 9.02. The second-order valence-corrected chi connectivity index (χ2v) is 6.95. The average Bonchev–Trinajstić information content (AvgIpc) is 2.58. The zero-order valence-electron chi connectivity index (χ0n) is 14.2. The quantitative estimate of drug-likeness (QED) is 0.788. The van der Waals surface area contributed by atoms with Gasteiger partial charge in [-0.1, -0.05) is 30.3 Å². The summed E-state index contributed by atoms with van der Waals surface area (Å²) >= 11 is 0. The van der Waals surface area contributed by atoms with Gasteiger partial charge in [-0.15, -0.1) is 0 Å². The van der Waals surface area contributed by atoms with Gasteiger partial charge in [0.15, 0.2) is 0 Å². The van der Waals surface area contributed by atoms with Gasteiger partial charge in [-0.05, 0) is 30.7 Å². The first kappa shape index (κ1) is 17.4. The Bertz CT molecular complexity index is 511. The fourth-order valence-electron chi connectivity index (χ4n) is 3.53. The number of hydrogen-bond donors (Lipinski definition) is 2. The van der Waals surface area contributed by atoms with Crippen molar-refractivity contribution >= 4 is 5.91 Å². The summed E-state index contributed by atoms with van der Waals surface area (Å²) in [6.07, 6.45) is 2.75. The van der Waals surface area contributed by atoms with Crippen LogP contribution >= 0.6 is 0 Å². The smallest absolute Gasteiger partial charge is 0.221 e. The average molecular weight is 332 g/mol. The molecule has 132 valence electrons. The van der Waals surface area contributed by atoms with E-state index < -0.39 is 0 Å². The molecule has 2 N–H and O–H groups in total. The Balaban J connectivity index is 1.49. The van der Waals surface area contributed by atoms with Gasteiger partial charge in [0.2, 0.25) is 5.91 Å². The first-order chi connectivity index (χ1) is 11.7. The van der Waals surface area contributed by atoms with Crippen LogP contribution in [0, 0.1) is 5.92 Å². The van der Waals surface area contributed by atoms with Gasteiger partial charge in [0.05, 0.1) is 19.3 Å². The summed E-state index contributed by atoms with van der Waals surface area (Å²) in [6.45, 7) is 4.14. The van der Waals surface area contributed by atoms with Crippen LogP contribution in [-0.2, 0) is 16.0 Å². The summed E-state index contributed by atoms with van der Waals surface area (Å²) in [5, 5.41) is 12.8. The number of hydrogen-bond acceptors (Lipinski definition) is 4. The van der Waals surface area contributed by atoms with Gasteiger partial charge in [-0.3, -0.25) is 9.69 Å². The summed E-state index contributed by atoms with van der Waals surface area (Å²) in [5.74, 6) is 0.497. The van der Waals surface area contributed by atoms with E-state index in [-0.39, 0.29) is 18.1 Å². The first-order valence-electron chi connectivity index (χ1n) is 9.02. The molecule has 1 atom stereocenters. The number of nitrogens with zero attached hydrogens (tertiary/aromatic N) is 1. The van der Waals surface area contributed by atoms with E-state index in [2.05, 4.69) is 22.3 Å². The Morgan fingerprint density at radius 2 is 1.96 bits per heavy atom. The molecule has 1 aromatic carbocycles. The van der Waals surface area contributed by atoms with Crippen LogP contribution in [-0.4, -0.2) is 60.9 Å². The molecule has 1 aliphatic heterocycles. The fourth-order valence-corrected chi connectivity index (χ4v) is 3.53. The summed E-state index contributed by atoms with van der Waals surface area (Å²) in [7, 11) is 0. The van der Waals surface area contributed by atoms with Crippen molar-refractivity contribution in [3.05, 3.63) is 35.9 Å². The molecule has 1 saturated heterocycles. The summed E-state index contributed by atoms with van der Waals surface area (Å²) in [4.78, 5) is 14.7. The highest BCUT2D eigenvalue weighted by Crippen LogP contribution is 2.31. The number of carbonyl (C=O) groups is 1. The Morgan fingerprint density at radius 3 is 2.62 bits per heavy atom. The minimum atomic E-state index is -0.196. The lowest BCUT2D eigenvalue weighted by Crippen LogP contribution is -2.49. The van der Waals surface area contributed by atoms with Gasteiger partial charge in [-0.25, -0.2) is 0 Å². The molecule has 0 aromatic heterocycles. The Labute approximate surface area is 144 Å². The minimum Gasteiger partial charge on any atom is -0.393 e. The predicted molar refractivity (Wildman–Crippen MR) is 92.7 cm³/mol. The molecule has 1 heterocycles. The number of morpholine rings is 1. The largest absolute Gasteiger partial charge is 0.393 e. The van der Waals surface area contributed by atoms with Crippen LogP contribution in [0.2, 0.25) is 0 Å². The zero-order valence-corrected chi connectivity index (χ0v) is 14.2. The monoisotopic (exact) mass is 332 g/mol. The van der Waals surface area contributed by atoms with Crippen LogP contribution in [0.3, 0.4) is 0 Å². The van der Waals surface area contributed by atoms with Crippen molar-refractivity contribution in [2.75, 3.05) is 32.8 Å². The number of aliphatic hydroxyl groups is 1. The van der Waals surface area contributed by atoms with E-state index in [9.17, 15) is 9.90 Å². The third kappa shape index (κ3) is 5.03. The number of aliphatic hydroxyl groups excluding tert-OH is 1. The van der Waals surface area contributed by atoms with Crippen LogP contribution in [0.1, 0.15) is 24.8 Å². The molecule has 24 heavy (non-hydrogen) atoms. The van der Waals surface area contributed by atoms with Gasteiger partial charge in [-0.2, -0.15) is 0 Å². The van der Waals surface area contributed by atoms with E-state index >= 15 is 0 Å². The van der Waals surface area contributed by atoms with Gasteiger partial charge < -0.3 is 15.2 Å². The molecular weight excluding hydrogens is 304 g/mol. The van der Waals surface area contributed by atoms with Crippen LogP contribution in [0.25, 0.3) is 0 Å². The lowest BCUT2D eigenvalue weighted by molar-refractivity contribution is -0.123. The van der Waals surface area contributed by atoms with Crippen molar-refractivity contribution in [3.63, 3.8) is 0 Å². The molecule has 0 unspecified atom stereocenters. The van der Waals surface area contributed by atoms with E-state index in [0.717, 1.165) is 52.1 Å². The number of amides is 1. The fraction of sp³-hybridized carbons (Fsp3) is 0.632. The summed E-state index contributed by atoms with van der Waals surface area (Å²) in [6, 6.07) is 10.4. The molecule has 5 nitrogen and oxygen atoms in total. The number of carbonyl (C=O) groups excluding carboxylic acids is 1. The molecule has 1 amide bonds. The van der Waals surface area contributed by atoms with Gasteiger partial charge in [0.1, 0.15) is 0 Å². The lowest BCUT2D eigenvalue weighted by Gasteiger charge is -2.38. The number of ether oxygens (including phenoxy) is 1. The molecule has 1 aliphatic carbocycles. The molecular formula is C19H28N2O3. The normalized spacial score (nSPS) is 25.7. The van der Waals surface area contributed by atoms with E-state index in [1.54, 1.807) is 0 Å². The van der Waals surface area contributed by atoms with Crippen molar-refractivity contribution in [2.45, 2.75) is 37.8 Å². The van der Waals surface area contributed by atoms with Crippen molar-refractivity contribution in [3.8, 4) is 0 Å². The number of rotatable bonds is 7. The highest BCUT2D eigenvalue weighted by Gasteiger charge is 2.34. The lowest BCUT2D eigenvalue weighted by atomic mass is 9.75. The highest BCUT2D eigenvalue weighted by molar-refractivity contribution is 5.76. The van der Waals surface area contributed by atoms with Crippen molar-refractivity contribution < 1.29 is 14.6 Å². The van der Waals surface area contributed by atoms with E-state index in [0.29, 0.717) is 12.3 Å². The maximum Gasteiger partial charge on any atom is 0.221 e. The van der Waals surface area contributed by atoms with E-state index in [1.165, 1.54) is 5.56 Å². The molecule has 0 radical (unpaired) electrons. The van der Waals surface area contributed by atoms with Gasteiger partial charge >= 0.3 is 0 Å². The molecule has 1 saturated carbocycles. The van der Waals surface area contributed by atoms with Crippen LogP contribution in [0.15, 0.2) is 30.3 Å². The Morgan fingerprint density at radius 1 is 1.25 bits per heavy atom. The summed E-state index contributed by atoms with van der Waals surface area (Å²) in [5.41, 5.74) is 1.23. The zero-order chi connectivity index (χ0) is 16.8. The molecule has 1 aromatic rings. The third-order valence-corrected chi connectivity index (χ3v) is 5.12. The third-order valence-electron chi connectivity index (χ3n) is 5.12. The Hall–Kier alpha value is -1.43. The van der Waals surface area contributed by atoms with Gasteiger partial charge in [0, 0.05) is 32.1 Å². The maximum absolute atomic E-state index is 12.4. The van der Waals surface area contributed by atoms with Crippen molar-refractivity contribution in [1.29, 1.82) is 0 Å². The topological polar surface area (TPSA) is 61.8 Å². The summed E-state index contributed by atoms with van der Waals surface area (Å²) < 4.78 is 5.34. The molecule has 3 rings (SSSR count). The maximum atomic E-state index is 12.4. The van der Waals surface area contributed by atoms with Crippen LogP contribution in [0.5, 0.6) is 0 Å². The Kier molecular flexibility index (Phi) is 6.24.